The van der Waals surface area contributed by atoms with Gasteiger partial charge >= 0.3 is 0 Å². The number of halogens is 1. The van der Waals surface area contributed by atoms with Gasteiger partial charge in [-0.2, -0.15) is 5.26 Å². The number of aryl methyl sites for hydroxylation is 1. The maximum absolute atomic E-state index is 13.1. The van der Waals surface area contributed by atoms with Crippen LogP contribution in [0, 0.1) is 18.3 Å². The van der Waals surface area contributed by atoms with Crippen LogP contribution in [-0.2, 0) is 11.4 Å². The van der Waals surface area contributed by atoms with Crippen LogP contribution >= 0.6 is 11.6 Å². The van der Waals surface area contributed by atoms with Crippen molar-refractivity contribution in [2.45, 2.75) is 13.5 Å². The molecule has 1 aliphatic rings. The smallest absolute Gasteiger partial charge is 0.264 e. The third-order valence-electron chi connectivity index (χ3n) is 6.07. The number of hydrogen-bond donors (Lipinski definition) is 0. The van der Waals surface area contributed by atoms with Crippen LogP contribution in [0.4, 0.5) is 5.69 Å². The first-order valence-corrected chi connectivity index (χ1v) is 12.1. The van der Waals surface area contributed by atoms with E-state index in [2.05, 4.69) is 23.1 Å². The van der Waals surface area contributed by atoms with Crippen LogP contribution in [0.1, 0.15) is 16.7 Å². The van der Waals surface area contributed by atoms with Crippen LogP contribution in [0.25, 0.3) is 6.08 Å². The van der Waals surface area contributed by atoms with Gasteiger partial charge in [-0.15, -0.1) is 0 Å². The molecule has 3 aromatic carbocycles. The Kier molecular flexibility index (Phi) is 8.14. The van der Waals surface area contributed by atoms with Crippen molar-refractivity contribution in [1.82, 2.24) is 4.90 Å². The molecule has 0 N–H and O–H groups in total. The molecule has 0 saturated carbocycles. The summed E-state index contributed by atoms with van der Waals surface area (Å²) in [5.41, 5.74) is 3.93. The molecule has 0 aromatic heterocycles. The Morgan fingerprint density at radius 3 is 2.47 bits per heavy atom. The van der Waals surface area contributed by atoms with Gasteiger partial charge in [0.2, 0.25) is 0 Å². The number of nitriles is 1. The Bertz CT molecular complexity index is 1290. The molecule has 0 unspecified atom stereocenters. The van der Waals surface area contributed by atoms with Gasteiger partial charge in [0.15, 0.2) is 11.5 Å². The number of methoxy groups -OCH3 is 1. The zero-order chi connectivity index (χ0) is 25.5. The van der Waals surface area contributed by atoms with E-state index < -0.39 is 0 Å². The van der Waals surface area contributed by atoms with E-state index in [1.54, 1.807) is 23.1 Å². The number of rotatable bonds is 7. The molecule has 0 radical (unpaired) electrons. The van der Waals surface area contributed by atoms with Crippen molar-refractivity contribution in [1.29, 1.82) is 5.26 Å². The lowest BCUT2D eigenvalue weighted by atomic mass is 10.1. The van der Waals surface area contributed by atoms with E-state index in [1.165, 1.54) is 7.11 Å². The van der Waals surface area contributed by atoms with Gasteiger partial charge in [0.1, 0.15) is 18.2 Å². The summed E-state index contributed by atoms with van der Waals surface area (Å²) >= 11 is 6.52. The number of piperazine rings is 1. The quantitative estimate of drug-likeness (QED) is 0.316. The molecule has 1 heterocycles. The van der Waals surface area contributed by atoms with Gasteiger partial charge in [-0.3, -0.25) is 4.79 Å². The lowest BCUT2D eigenvalue weighted by molar-refractivity contribution is -0.126. The average molecular weight is 502 g/mol. The number of hydrogen-bond acceptors (Lipinski definition) is 5. The monoisotopic (exact) mass is 501 g/mol. The average Bonchev–Trinajstić information content (AvgIpc) is 2.91. The van der Waals surface area contributed by atoms with Crippen molar-refractivity contribution in [2.24, 2.45) is 0 Å². The van der Waals surface area contributed by atoms with Gasteiger partial charge in [0.05, 0.1) is 12.1 Å². The highest BCUT2D eigenvalue weighted by Gasteiger charge is 2.24. The molecular formula is C29H28ClN3O3. The fourth-order valence-corrected chi connectivity index (χ4v) is 4.48. The van der Waals surface area contributed by atoms with E-state index in [1.807, 2.05) is 49.4 Å². The molecule has 1 fully saturated rings. The molecule has 7 heteroatoms. The Morgan fingerprint density at radius 1 is 1.06 bits per heavy atom. The van der Waals surface area contributed by atoms with Gasteiger partial charge in [-0.25, -0.2) is 0 Å². The molecule has 3 aromatic rings. The predicted octanol–water partition coefficient (Wildman–Crippen LogP) is 5.49. The molecule has 1 amide bonds. The predicted molar refractivity (Wildman–Crippen MR) is 142 cm³/mol. The molecule has 1 aliphatic heterocycles. The molecule has 0 spiro atoms. The van der Waals surface area contributed by atoms with Crippen molar-refractivity contribution in [3.63, 3.8) is 0 Å². The van der Waals surface area contributed by atoms with Crippen molar-refractivity contribution in [3.05, 3.63) is 94.0 Å². The molecule has 184 valence electrons. The van der Waals surface area contributed by atoms with E-state index in [0.29, 0.717) is 54.9 Å². The second-order valence-electron chi connectivity index (χ2n) is 8.60. The fourth-order valence-electron chi connectivity index (χ4n) is 4.21. The number of carbonyl (C=O) groups is 1. The summed E-state index contributed by atoms with van der Waals surface area (Å²) in [6.45, 7) is 4.87. The van der Waals surface area contributed by atoms with Gasteiger partial charge in [0.25, 0.3) is 5.91 Å². The van der Waals surface area contributed by atoms with Crippen molar-refractivity contribution >= 4 is 29.3 Å². The van der Waals surface area contributed by atoms with E-state index in [-0.39, 0.29) is 11.5 Å². The van der Waals surface area contributed by atoms with Gasteiger partial charge in [-0.05, 0) is 48.4 Å². The molecule has 0 aliphatic carbocycles. The minimum atomic E-state index is -0.292. The van der Waals surface area contributed by atoms with E-state index >= 15 is 0 Å². The van der Waals surface area contributed by atoms with E-state index in [9.17, 15) is 10.1 Å². The Labute approximate surface area is 216 Å². The summed E-state index contributed by atoms with van der Waals surface area (Å²) in [7, 11) is 1.53. The highest BCUT2D eigenvalue weighted by molar-refractivity contribution is 6.32. The first kappa shape index (κ1) is 25.2. The van der Waals surface area contributed by atoms with Crippen molar-refractivity contribution in [3.8, 4) is 17.6 Å². The van der Waals surface area contributed by atoms with Crippen molar-refractivity contribution in [2.75, 3.05) is 38.2 Å². The molecule has 36 heavy (non-hydrogen) atoms. The maximum atomic E-state index is 13.1. The number of carbonyl (C=O) groups excluding carboxylic acids is 1. The summed E-state index contributed by atoms with van der Waals surface area (Å²) in [5, 5.41) is 10.1. The second-order valence-corrected chi connectivity index (χ2v) is 9.00. The fraction of sp³-hybridized carbons (Fsp3) is 0.241. The number of benzene rings is 3. The van der Waals surface area contributed by atoms with Crippen LogP contribution in [0.5, 0.6) is 11.5 Å². The molecular weight excluding hydrogens is 474 g/mol. The van der Waals surface area contributed by atoms with Gasteiger partial charge in [-0.1, -0.05) is 59.6 Å². The highest BCUT2D eigenvalue weighted by atomic mass is 35.5. The third kappa shape index (κ3) is 5.99. The summed E-state index contributed by atoms with van der Waals surface area (Å²) < 4.78 is 11.5. The third-order valence-corrected chi connectivity index (χ3v) is 6.35. The van der Waals surface area contributed by atoms with Crippen LogP contribution in [0.15, 0.2) is 72.3 Å². The molecule has 6 nitrogen and oxygen atoms in total. The standard InChI is InChI=1S/C29H28ClN3O3/c1-21-7-6-8-22(15-21)20-36-28-26(30)17-23(18-27(28)35-2)16-24(19-31)29(34)33-13-11-32(12-14-33)25-9-4-3-5-10-25/h3-10,15-18H,11-14,20H2,1-2H3/b24-16-. The lowest BCUT2D eigenvalue weighted by Crippen LogP contribution is -2.49. The highest BCUT2D eigenvalue weighted by Crippen LogP contribution is 2.37. The second kappa shape index (κ2) is 11.7. The number of ether oxygens (including phenoxy) is 2. The SMILES string of the molecule is COc1cc(/C=C(/C#N)C(=O)N2CCN(c3ccccc3)CC2)cc(Cl)c1OCc1cccc(C)c1. The largest absolute Gasteiger partial charge is 0.493 e. The normalized spacial score (nSPS) is 13.8. The van der Waals surface area contributed by atoms with Crippen LogP contribution < -0.4 is 14.4 Å². The molecule has 0 atom stereocenters. The number of amides is 1. The lowest BCUT2D eigenvalue weighted by Gasteiger charge is -2.36. The Morgan fingerprint density at radius 2 is 1.81 bits per heavy atom. The topological polar surface area (TPSA) is 65.8 Å². The van der Waals surface area contributed by atoms with Crippen LogP contribution in [0.2, 0.25) is 5.02 Å². The Balaban J connectivity index is 1.47. The summed E-state index contributed by atoms with van der Waals surface area (Å²) in [4.78, 5) is 17.0. The zero-order valence-corrected chi connectivity index (χ0v) is 21.2. The molecule has 4 rings (SSSR count). The maximum Gasteiger partial charge on any atom is 0.264 e. The Hall–Kier alpha value is -3.95. The van der Waals surface area contributed by atoms with Crippen LogP contribution in [-0.4, -0.2) is 44.1 Å². The minimum absolute atomic E-state index is 0.0507. The number of para-hydroxylation sites is 1. The summed E-state index contributed by atoms with van der Waals surface area (Å²) in [5.74, 6) is 0.558. The van der Waals surface area contributed by atoms with Gasteiger partial charge < -0.3 is 19.3 Å². The van der Waals surface area contributed by atoms with E-state index in [0.717, 1.165) is 16.8 Å². The van der Waals surface area contributed by atoms with Gasteiger partial charge in [0, 0.05) is 31.9 Å². The zero-order valence-electron chi connectivity index (χ0n) is 20.4. The minimum Gasteiger partial charge on any atom is -0.493 e. The van der Waals surface area contributed by atoms with Crippen molar-refractivity contribution < 1.29 is 14.3 Å². The first-order valence-electron chi connectivity index (χ1n) is 11.8. The summed E-state index contributed by atoms with van der Waals surface area (Å²) in [6.07, 6.45) is 1.55. The molecule has 1 saturated heterocycles. The van der Waals surface area contributed by atoms with E-state index in [4.69, 9.17) is 21.1 Å². The number of nitrogens with zero attached hydrogens (tertiary/aromatic N) is 3. The molecule has 0 bridgehead atoms. The van der Waals surface area contributed by atoms with Crippen LogP contribution in [0.3, 0.4) is 0 Å². The number of anilines is 1. The summed E-state index contributed by atoms with van der Waals surface area (Å²) in [6, 6.07) is 23.6. The first-order chi connectivity index (χ1) is 17.5.